The van der Waals surface area contributed by atoms with E-state index in [9.17, 15) is 14.0 Å². The molecule has 8 heteroatoms. The quantitative estimate of drug-likeness (QED) is 0.668. The van der Waals surface area contributed by atoms with Crippen molar-refractivity contribution < 1.29 is 27.6 Å². The van der Waals surface area contributed by atoms with Gasteiger partial charge < -0.3 is 23.8 Å². The lowest BCUT2D eigenvalue weighted by atomic mass is 10.0. The first-order chi connectivity index (χ1) is 14.6. The highest BCUT2D eigenvalue weighted by atomic mass is 19.1. The van der Waals surface area contributed by atoms with E-state index in [1.54, 1.807) is 29.2 Å². The number of carbonyl (C=O) groups is 2. The van der Waals surface area contributed by atoms with E-state index in [1.807, 2.05) is 0 Å². The number of nitrogens with zero attached hydrogens (tertiary/aromatic N) is 1. The summed E-state index contributed by atoms with van der Waals surface area (Å²) in [6.07, 6.45) is 2.78. The monoisotopic (exact) mass is 412 g/mol. The topological polar surface area (TPSA) is 84.9 Å². The summed E-state index contributed by atoms with van der Waals surface area (Å²) < 4.78 is 29.1. The summed E-state index contributed by atoms with van der Waals surface area (Å²) in [6.45, 7) is 1.21. The Hall–Kier alpha value is -3.55. The summed E-state index contributed by atoms with van der Waals surface area (Å²) in [5.74, 6) is 0.735. The third-order valence-corrected chi connectivity index (χ3v) is 4.93. The van der Waals surface area contributed by atoms with Crippen LogP contribution >= 0.6 is 0 Å². The second kappa shape index (κ2) is 8.86. The van der Waals surface area contributed by atoms with Crippen LogP contribution in [0.25, 0.3) is 0 Å². The van der Waals surface area contributed by atoms with Crippen molar-refractivity contribution >= 4 is 11.8 Å². The number of ether oxygens (including phenoxy) is 1. The van der Waals surface area contributed by atoms with E-state index in [0.717, 1.165) is 0 Å². The summed E-state index contributed by atoms with van der Waals surface area (Å²) in [5, 5.41) is 2.95. The number of furan rings is 2. The molecule has 0 spiro atoms. The number of hydrogen-bond acceptors (Lipinski definition) is 5. The first kappa shape index (κ1) is 19.8. The summed E-state index contributed by atoms with van der Waals surface area (Å²) >= 11 is 0. The predicted octanol–water partition coefficient (Wildman–Crippen LogP) is 3.63. The average Bonchev–Trinajstić information content (AvgIpc) is 3.46. The number of rotatable bonds is 6. The molecule has 3 aromatic rings. The van der Waals surface area contributed by atoms with Gasteiger partial charge in [0.2, 0.25) is 0 Å². The minimum absolute atomic E-state index is 0.0397. The maximum Gasteiger partial charge on any atom is 0.289 e. The number of carbonyl (C=O) groups excluding carboxylic acids is 2. The van der Waals surface area contributed by atoms with Gasteiger partial charge in [0.25, 0.3) is 11.8 Å². The number of benzene rings is 1. The Morgan fingerprint density at radius 1 is 1.07 bits per heavy atom. The molecule has 0 unspecified atom stereocenters. The van der Waals surface area contributed by atoms with Gasteiger partial charge in [-0.1, -0.05) is 0 Å². The van der Waals surface area contributed by atoms with E-state index in [4.69, 9.17) is 13.6 Å². The lowest BCUT2D eigenvalue weighted by Crippen LogP contribution is -2.46. The molecule has 4 rings (SSSR count). The van der Waals surface area contributed by atoms with Gasteiger partial charge in [-0.3, -0.25) is 9.59 Å². The second-order valence-corrected chi connectivity index (χ2v) is 7.03. The lowest BCUT2D eigenvalue weighted by Gasteiger charge is -2.31. The Bertz CT molecular complexity index is 989. The van der Waals surface area contributed by atoms with E-state index < -0.39 is 0 Å². The standard InChI is InChI=1S/C22H21FN2O5/c23-15-3-5-17(6-4-15)29-14-18-7-8-19(30-18)21(26)24-16-9-11-25(12-10-16)22(27)20-2-1-13-28-20/h1-8,13,16H,9-12,14H2,(H,24,26). The zero-order valence-electron chi connectivity index (χ0n) is 16.2. The Labute approximate surface area is 172 Å². The van der Waals surface area contributed by atoms with E-state index in [2.05, 4.69) is 5.32 Å². The Morgan fingerprint density at radius 2 is 1.83 bits per heavy atom. The van der Waals surface area contributed by atoms with Gasteiger partial charge >= 0.3 is 0 Å². The Morgan fingerprint density at radius 3 is 2.53 bits per heavy atom. The normalized spacial score (nSPS) is 14.5. The molecule has 0 aliphatic carbocycles. The van der Waals surface area contributed by atoms with Gasteiger partial charge in [-0.15, -0.1) is 0 Å². The molecule has 1 aromatic carbocycles. The molecular weight excluding hydrogens is 391 g/mol. The van der Waals surface area contributed by atoms with Crippen molar-refractivity contribution in [1.29, 1.82) is 0 Å². The maximum atomic E-state index is 12.9. The van der Waals surface area contributed by atoms with Gasteiger partial charge in [-0.2, -0.15) is 0 Å². The van der Waals surface area contributed by atoms with Crippen LogP contribution in [0.4, 0.5) is 4.39 Å². The van der Waals surface area contributed by atoms with Crippen LogP contribution in [-0.4, -0.2) is 35.8 Å². The van der Waals surface area contributed by atoms with Crippen LogP contribution in [0.3, 0.4) is 0 Å². The molecule has 30 heavy (non-hydrogen) atoms. The molecule has 156 valence electrons. The molecule has 0 bridgehead atoms. The minimum atomic E-state index is -0.338. The molecule has 3 heterocycles. The van der Waals surface area contributed by atoms with E-state index in [1.165, 1.54) is 30.5 Å². The summed E-state index contributed by atoms with van der Waals surface area (Å²) in [6, 6.07) is 12.2. The number of hydrogen-bond donors (Lipinski definition) is 1. The van der Waals surface area contributed by atoms with Crippen LogP contribution in [-0.2, 0) is 6.61 Å². The number of piperidine rings is 1. The van der Waals surface area contributed by atoms with Crippen LogP contribution in [0, 0.1) is 5.82 Å². The Kier molecular flexibility index (Phi) is 5.83. The van der Waals surface area contributed by atoms with Crippen molar-refractivity contribution in [3.8, 4) is 5.75 Å². The number of amides is 2. The van der Waals surface area contributed by atoms with Crippen LogP contribution in [0.15, 0.2) is 63.6 Å². The molecule has 1 N–H and O–H groups in total. The van der Waals surface area contributed by atoms with Crippen LogP contribution in [0.2, 0.25) is 0 Å². The van der Waals surface area contributed by atoms with E-state index in [0.29, 0.717) is 43.2 Å². The molecule has 1 aliphatic heterocycles. The van der Waals surface area contributed by atoms with Crippen LogP contribution < -0.4 is 10.1 Å². The first-order valence-electron chi connectivity index (χ1n) is 9.69. The fourth-order valence-electron chi connectivity index (χ4n) is 3.30. The molecular formula is C22H21FN2O5. The highest BCUT2D eigenvalue weighted by Crippen LogP contribution is 2.17. The SMILES string of the molecule is O=C(NC1CCN(C(=O)c2ccco2)CC1)c1ccc(COc2ccc(F)cc2)o1. The summed E-state index contributed by atoms with van der Waals surface area (Å²) in [7, 11) is 0. The van der Waals surface area contributed by atoms with Crippen molar-refractivity contribution in [3.05, 3.63) is 77.9 Å². The second-order valence-electron chi connectivity index (χ2n) is 7.03. The molecule has 0 saturated carbocycles. The van der Waals surface area contributed by atoms with Crippen LogP contribution in [0.5, 0.6) is 5.75 Å². The highest BCUT2D eigenvalue weighted by molar-refractivity contribution is 5.92. The smallest absolute Gasteiger partial charge is 0.289 e. The zero-order valence-corrected chi connectivity index (χ0v) is 16.2. The molecule has 7 nitrogen and oxygen atoms in total. The van der Waals surface area contributed by atoms with Crippen molar-refractivity contribution in [2.45, 2.75) is 25.5 Å². The third kappa shape index (κ3) is 4.71. The zero-order chi connectivity index (χ0) is 20.9. The van der Waals surface area contributed by atoms with Crippen molar-refractivity contribution in [2.24, 2.45) is 0 Å². The lowest BCUT2D eigenvalue weighted by molar-refractivity contribution is 0.0665. The molecule has 1 fully saturated rings. The van der Waals surface area contributed by atoms with E-state index in [-0.39, 0.29) is 36.0 Å². The van der Waals surface area contributed by atoms with Gasteiger partial charge in [0, 0.05) is 19.1 Å². The fourth-order valence-corrected chi connectivity index (χ4v) is 3.30. The van der Waals surface area contributed by atoms with Crippen LogP contribution in [0.1, 0.15) is 39.7 Å². The van der Waals surface area contributed by atoms with Gasteiger partial charge in [0.05, 0.1) is 6.26 Å². The molecule has 1 saturated heterocycles. The minimum Gasteiger partial charge on any atom is -0.486 e. The largest absolute Gasteiger partial charge is 0.486 e. The highest BCUT2D eigenvalue weighted by Gasteiger charge is 2.26. The molecule has 1 aliphatic rings. The molecule has 2 amide bonds. The average molecular weight is 412 g/mol. The van der Waals surface area contributed by atoms with Gasteiger partial charge in [-0.25, -0.2) is 4.39 Å². The number of likely N-dealkylation sites (tertiary alicyclic amines) is 1. The fraction of sp³-hybridized carbons (Fsp3) is 0.273. The number of nitrogens with one attached hydrogen (secondary N) is 1. The summed E-state index contributed by atoms with van der Waals surface area (Å²) in [5.41, 5.74) is 0. The van der Waals surface area contributed by atoms with Gasteiger partial charge in [0.15, 0.2) is 11.5 Å². The van der Waals surface area contributed by atoms with Crippen molar-refractivity contribution in [3.63, 3.8) is 0 Å². The van der Waals surface area contributed by atoms with Crippen molar-refractivity contribution in [1.82, 2.24) is 10.2 Å². The van der Waals surface area contributed by atoms with Gasteiger partial charge in [0.1, 0.15) is 23.9 Å². The Balaban J connectivity index is 1.24. The molecule has 0 radical (unpaired) electrons. The predicted molar refractivity (Wildman–Crippen MR) is 105 cm³/mol. The molecule has 2 aromatic heterocycles. The maximum absolute atomic E-state index is 12.9. The van der Waals surface area contributed by atoms with E-state index >= 15 is 0 Å². The summed E-state index contributed by atoms with van der Waals surface area (Å²) in [4.78, 5) is 26.5. The third-order valence-electron chi connectivity index (χ3n) is 4.93. The number of halogens is 1. The van der Waals surface area contributed by atoms with Gasteiger partial charge in [-0.05, 0) is 61.4 Å². The molecule has 0 atom stereocenters. The van der Waals surface area contributed by atoms with Crippen molar-refractivity contribution in [2.75, 3.05) is 13.1 Å². The first-order valence-corrected chi connectivity index (χ1v) is 9.69.